The zero-order valence-corrected chi connectivity index (χ0v) is 18.8. The Morgan fingerprint density at radius 3 is 2.06 bits per heavy atom. The number of carbonyl (C=O) groups excluding carboxylic acids is 1. The van der Waals surface area contributed by atoms with Gasteiger partial charge in [-0.05, 0) is 37.3 Å². The van der Waals surface area contributed by atoms with Gasteiger partial charge in [-0.3, -0.25) is 10.3 Å². The highest BCUT2D eigenvalue weighted by Crippen LogP contribution is 2.45. The zero-order valence-electron chi connectivity index (χ0n) is 18.8. The third kappa shape index (κ3) is 4.07. The van der Waals surface area contributed by atoms with Crippen molar-refractivity contribution in [3.8, 4) is 5.75 Å². The molecule has 5 rings (SSSR count). The molecule has 4 aromatic carbocycles. The molecular formula is C28H25N3O3. The van der Waals surface area contributed by atoms with Crippen LogP contribution in [0.4, 0.5) is 21.9 Å². The van der Waals surface area contributed by atoms with Crippen molar-refractivity contribution in [1.29, 1.82) is 0 Å². The van der Waals surface area contributed by atoms with E-state index < -0.39 is 11.8 Å². The quantitative estimate of drug-likeness (QED) is 0.379. The Hall–Kier alpha value is -4.29. The number of hydrogen-bond donors (Lipinski definition) is 2. The monoisotopic (exact) mass is 451 g/mol. The molecule has 170 valence electrons. The number of ether oxygens (including phenoxy) is 2. The lowest BCUT2D eigenvalue weighted by Crippen LogP contribution is -2.58. The Morgan fingerprint density at radius 1 is 0.882 bits per heavy atom. The minimum absolute atomic E-state index is 0.300. The molecule has 0 unspecified atom stereocenters. The van der Waals surface area contributed by atoms with Gasteiger partial charge >= 0.3 is 6.09 Å². The molecule has 1 aliphatic heterocycles. The Balaban J connectivity index is 1.66. The van der Waals surface area contributed by atoms with E-state index in [-0.39, 0.29) is 0 Å². The number of benzene rings is 4. The van der Waals surface area contributed by atoms with Crippen molar-refractivity contribution in [3.63, 3.8) is 0 Å². The van der Waals surface area contributed by atoms with E-state index in [1.807, 2.05) is 114 Å². The first-order chi connectivity index (χ1) is 16.7. The maximum Gasteiger partial charge on any atom is 0.411 e. The highest BCUT2D eigenvalue weighted by atomic mass is 16.5. The molecule has 0 saturated heterocycles. The van der Waals surface area contributed by atoms with E-state index in [0.717, 1.165) is 22.5 Å². The van der Waals surface area contributed by atoms with Crippen LogP contribution in [0.1, 0.15) is 18.1 Å². The minimum atomic E-state index is -0.971. The Bertz CT molecular complexity index is 1220. The van der Waals surface area contributed by atoms with Gasteiger partial charge in [0.05, 0.1) is 12.3 Å². The second-order valence-electron chi connectivity index (χ2n) is 7.83. The summed E-state index contributed by atoms with van der Waals surface area (Å²) in [6.07, 6.45) is -0.499. The van der Waals surface area contributed by atoms with Crippen molar-refractivity contribution in [1.82, 2.24) is 5.43 Å². The Morgan fingerprint density at radius 2 is 1.47 bits per heavy atom. The fourth-order valence-corrected chi connectivity index (χ4v) is 4.09. The molecule has 1 amide bonds. The van der Waals surface area contributed by atoms with Crippen LogP contribution >= 0.6 is 0 Å². The lowest BCUT2D eigenvalue weighted by atomic mass is 9.93. The number of para-hydroxylation sites is 1. The van der Waals surface area contributed by atoms with E-state index in [2.05, 4.69) is 10.7 Å². The maximum atomic E-state index is 12.0. The number of carbonyl (C=O) groups is 1. The largest absolute Gasteiger partial charge is 0.460 e. The first kappa shape index (κ1) is 21.6. The van der Waals surface area contributed by atoms with E-state index in [0.29, 0.717) is 18.0 Å². The minimum Gasteiger partial charge on any atom is -0.460 e. The molecule has 0 aliphatic carbocycles. The standard InChI is InChI=1S/C28H25N3O3/c1-2-33-27(32)29-23-18-19-26-25(20-23)31(24-16-10-5-11-17-24)30-28(34-26,21-12-6-3-7-13-21)22-14-8-4-9-15-22/h3-20,30H,2H2,1H3,(H,29,32). The number of rotatable bonds is 5. The van der Waals surface area contributed by atoms with Crippen molar-refractivity contribution in [2.75, 3.05) is 16.9 Å². The van der Waals surface area contributed by atoms with Crippen molar-refractivity contribution < 1.29 is 14.3 Å². The van der Waals surface area contributed by atoms with Gasteiger partial charge in [0, 0.05) is 16.8 Å². The number of amides is 1. The highest BCUT2D eigenvalue weighted by Gasteiger charge is 2.43. The average Bonchev–Trinajstić information content (AvgIpc) is 2.90. The van der Waals surface area contributed by atoms with Crippen LogP contribution in [0, 0.1) is 0 Å². The van der Waals surface area contributed by atoms with Gasteiger partial charge in [0.2, 0.25) is 5.72 Å². The van der Waals surface area contributed by atoms with Crippen LogP contribution in [-0.4, -0.2) is 12.7 Å². The lowest BCUT2D eigenvalue weighted by molar-refractivity contribution is 0.0599. The van der Waals surface area contributed by atoms with Gasteiger partial charge in [-0.2, -0.15) is 5.43 Å². The first-order valence-corrected chi connectivity index (χ1v) is 11.2. The van der Waals surface area contributed by atoms with E-state index in [4.69, 9.17) is 9.47 Å². The summed E-state index contributed by atoms with van der Waals surface area (Å²) in [6, 6.07) is 35.7. The molecule has 34 heavy (non-hydrogen) atoms. The molecular weight excluding hydrogens is 426 g/mol. The van der Waals surface area contributed by atoms with Crippen LogP contribution in [0.2, 0.25) is 0 Å². The summed E-state index contributed by atoms with van der Waals surface area (Å²) in [5.41, 5.74) is 6.89. The summed E-state index contributed by atoms with van der Waals surface area (Å²) >= 11 is 0. The predicted octanol–water partition coefficient (Wildman–Crippen LogP) is 6.19. The van der Waals surface area contributed by atoms with Crippen LogP contribution in [-0.2, 0) is 10.5 Å². The number of nitrogens with zero attached hydrogens (tertiary/aromatic N) is 1. The molecule has 1 heterocycles. The van der Waals surface area contributed by atoms with Crippen molar-refractivity contribution in [3.05, 3.63) is 120 Å². The molecule has 4 aromatic rings. The normalized spacial score (nSPS) is 14.0. The fraction of sp³-hybridized carbons (Fsp3) is 0.107. The van der Waals surface area contributed by atoms with Crippen molar-refractivity contribution in [2.45, 2.75) is 12.6 Å². The average molecular weight is 452 g/mol. The third-order valence-electron chi connectivity index (χ3n) is 5.63. The van der Waals surface area contributed by atoms with Gasteiger partial charge in [-0.15, -0.1) is 0 Å². The highest BCUT2D eigenvalue weighted by molar-refractivity contribution is 5.87. The molecule has 6 nitrogen and oxygen atoms in total. The third-order valence-corrected chi connectivity index (χ3v) is 5.63. The van der Waals surface area contributed by atoms with Gasteiger partial charge in [0.15, 0.2) is 0 Å². The first-order valence-electron chi connectivity index (χ1n) is 11.2. The molecule has 0 bridgehead atoms. The number of nitrogens with one attached hydrogen (secondary N) is 2. The van der Waals surface area contributed by atoms with Crippen LogP contribution < -0.4 is 20.5 Å². The molecule has 0 radical (unpaired) electrons. The van der Waals surface area contributed by atoms with Crippen molar-refractivity contribution >= 4 is 23.2 Å². The van der Waals surface area contributed by atoms with Crippen molar-refractivity contribution in [2.24, 2.45) is 0 Å². The van der Waals surface area contributed by atoms with Gasteiger partial charge in [0.25, 0.3) is 0 Å². The van der Waals surface area contributed by atoms with Gasteiger partial charge in [-0.1, -0.05) is 78.9 Å². The molecule has 0 spiro atoms. The fourth-order valence-electron chi connectivity index (χ4n) is 4.09. The molecule has 0 atom stereocenters. The summed E-state index contributed by atoms with van der Waals surface area (Å²) in [6.45, 7) is 2.07. The summed E-state index contributed by atoms with van der Waals surface area (Å²) in [7, 11) is 0. The van der Waals surface area contributed by atoms with E-state index in [9.17, 15) is 4.79 Å². The molecule has 6 heteroatoms. The van der Waals surface area contributed by atoms with E-state index >= 15 is 0 Å². The van der Waals surface area contributed by atoms with E-state index in [1.54, 1.807) is 6.92 Å². The summed E-state index contributed by atoms with van der Waals surface area (Å²) in [4.78, 5) is 12.0. The molecule has 1 aliphatic rings. The van der Waals surface area contributed by atoms with Gasteiger partial charge in [-0.25, -0.2) is 4.79 Å². The summed E-state index contributed by atoms with van der Waals surface area (Å²) in [5, 5.41) is 4.77. The SMILES string of the molecule is CCOC(=O)Nc1ccc2c(c1)N(c1ccccc1)NC(c1ccccc1)(c1ccccc1)O2. The zero-order chi connectivity index (χ0) is 23.4. The predicted molar refractivity (Wildman–Crippen MR) is 133 cm³/mol. The Labute approximate surface area is 198 Å². The van der Waals surface area contributed by atoms with Crippen LogP contribution in [0.5, 0.6) is 5.75 Å². The van der Waals surface area contributed by atoms with Gasteiger partial charge < -0.3 is 9.47 Å². The number of hydrazine groups is 1. The summed E-state index contributed by atoms with van der Waals surface area (Å²) in [5.74, 6) is 0.671. The van der Waals surface area contributed by atoms with Crippen LogP contribution in [0.25, 0.3) is 0 Å². The second-order valence-corrected chi connectivity index (χ2v) is 7.83. The lowest BCUT2D eigenvalue weighted by Gasteiger charge is -2.46. The number of fused-ring (bicyclic) bond motifs is 1. The molecule has 0 aromatic heterocycles. The number of hydrogen-bond acceptors (Lipinski definition) is 5. The van der Waals surface area contributed by atoms with E-state index in [1.165, 1.54) is 0 Å². The maximum absolute atomic E-state index is 12.0. The van der Waals surface area contributed by atoms with Crippen LogP contribution in [0.15, 0.2) is 109 Å². The number of anilines is 3. The topological polar surface area (TPSA) is 62.8 Å². The molecule has 2 N–H and O–H groups in total. The second kappa shape index (κ2) is 9.29. The van der Waals surface area contributed by atoms with Gasteiger partial charge in [0.1, 0.15) is 11.4 Å². The molecule has 0 fully saturated rings. The summed E-state index contributed by atoms with van der Waals surface area (Å²) < 4.78 is 11.8. The van der Waals surface area contributed by atoms with Crippen LogP contribution in [0.3, 0.4) is 0 Å². The molecule has 0 saturated carbocycles. The smallest absolute Gasteiger partial charge is 0.411 e. The Kier molecular flexibility index (Phi) is 5.89.